The molecule has 0 saturated carbocycles. The predicted octanol–water partition coefficient (Wildman–Crippen LogP) is 2.80. The Balaban J connectivity index is 1.80. The molecule has 0 atom stereocenters. The molecule has 0 radical (unpaired) electrons. The lowest BCUT2D eigenvalue weighted by Crippen LogP contribution is -2.24. The molecule has 0 aliphatic carbocycles. The van der Waals surface area contributed by atoms with E-state index in [0.29, 0.717) is 19.7 Å². The number of halogens is 1. The second-order valence-corrected chi connectivity index (χ2v) is 5.03. The van der Waals surface area contributed by atoms with E-state index in [1.807, 2.05) is 37.4 Å². The highest BCUT2D eigenvalue weighted by Gasteiger charge is 2.04. The van der Waals surface area contributed by atoms with Crippen molar-refractivity contribution in [2.75, 3.05) is 20.2 Å². The summed E-state index contributed by atoms with van der Waals surface area (Å²) >= 11 is 0. The standard InChI is InChI=1S/C17H21FN2O/c1-20(13-14-5-4-7-16(18)11-14)9-10-21-17-8-3-2-6-15(17)12-19/h2-8,11H,9-10,12-13,19H2,1H3. The van der Waals surface area contributed by atoms with E-state index in [1.165, 1.54) is 6.07 Å². The number of para-hydroxylation sites is 1. The zero-order chi connectivity index (χ0) is 15.1. The van der Waals surface area contributed by atoms with Crippen molar-refractivity contribution in [2.24, 2.45) is 5.73 Å². The highest BCUT2D eigenvalue weighted by Crippen LogP contribution is 2.17. The molecule has 21 heavy (non-hydrogen) atoms. The molecule has 2 aromatic carbocycles. The largest absolute Gasteiger partial charge is 0.492 e. The molecule has 0 fully saturated rings. The molecule has 0 aliphatic rings. The van der Waals surface area contributed by atoms with Gasteiger partial charge in [0.25, 0.3) is 0 Å². The molecule has 0 saturated heterocycles. The fourth-order valence-corrected chi connectivity index (χ4v) is 2.15. The van der Waals surface area contributed by atoms with Crippen molar-refractivity contribution in [1.29, 1.82) is 0 Å². The Morgan fingerprint density at radius 2 is 1.95 bits per heavy atom. The highest BCUT2D eigenvalue weighted by atomic mass is 19.1. The van der Waals surface area contributed by atoms with Crippen molar-refractivity contribution >= 4 is 0 Å². The van der Waals surface area contributed by atoms with E-state index in [9.17, 15) is 4.39 Å². The maximum Gasteiger partial charge on any atom is 0.123 e. The van der Waals surface area contributed by atoms with Gasteiger partial charge in [-0.2, -0.15) is 0 Å². The first-order valence-corrected chi connectivity index (χ1v) is 7.03. The minimum absolute atomic E-state index is 0.200. The van der Waals surface area contributed by atoms with Gasteiger partial charge < -0.3 is 10.5 Å². The topological polar surface area (TPSA) is 38.5 Å². The van der Waals surface area contributed by atoms with Crippen LogP contribution >= 0.6 is 0 Å². The Bertz CT molecular complexity index is 574. The first-order valence-electron chi connectivity index (χ1n) is 7.03. The van der Waals surface area contributed by atoms with Crippen molar-refractivity contribution in [1.82, 2.24) is 4.90 Å². The second kappa shape index (κ2) is 7.76. The van der Waals surface area contributed by atoms with Gasteiger partial charge in [0.15, 0.2) is 0 Å². The Kier molecular flexibility index (Phi) is 5.72. The molecule has 2 aromatic rings. The summed E-state index contributed by atoms with van der Waals surface area (Å²) in [5.41, 5.74) is 7.64. The van der Waals surface area contributed by atoms with Crippen LogP contribution in [0.15, 0.2) is 48.5 Å². The van der Waals surface area contributed by atoms with Crippen molar-refractivity contribution < 1.29 is 9.13 Å². The quantitative estimate of drug-likeness (QED) is 0.851. The number of hydrogen-bond acceptors (Lipinski definition) is 3. The van der Waals surface area contributed by atoms with Crippen LogP contribution < -0.4 is 10.5 Å². The molecule has 0 amide bonds. The summed E-state index contributed by atoms with van der Waals surface area (Å²) in [6.07, 6.45) is 0. The maximum atomic E-state index is 13.1. The van der Waals surface area contributed by atoms with Gasteiger partial charge in [0.1, 0.15) is 18.2 Å². The van der Waals surface area contributed by atoms with Gasteiger partial charge in [-0.05, 0) is 30.8 Å². The lowest BCUT2D eigenvalue weighted by atomic mass is 10.2. The lowest BCUT2D eigenvalue weighted by molar-refractivity contribution is 0.231. The van der Waals surface area contributed by atoms with Crippen molar-refractivity contribution in [3.05, 3.63) is 65.5 Å². The zero-order valence-corrected chi connectivity index (χ0v) is 12.3. The monoisotopic (exact) mass is 288 g/mol. The summed E-state index contributed by atoms with van der Waals surface area (Å²) in [4.78, 5) is 2.10. The predicted molar refractivity (Wildman–Crippen MR) is 82.6 cm³/mol. The van der Waals surface area contributed by atoms with Gasteiger partial charge in [-0.1, -0.05) is 30.3 Å². The Labute approximate surface area is 125 Å². The van der Waals surface area contributed by atoms with E-state index in [1.54, 1.807) is 12.1 Å². The molecule has 0 heterocycles. The molecule has 0 spiro atoms. The highest BCUT2D eigenvalue weighted by molar-refractivity contribution is 5.32. The molecular weight excluding hydrogens is 267 g/mol. The summed E-state index contributed by atoms with van der Waals surface area (Å²) in [7, 11) is 1.99. The van der Waals surface area contributed by atoms with Crippen LogP contribution in [0.25, 0.3) is 0 Å². The van der Waals surface area contributed by atoms with Crippen LogP contribution in [0, 0.1) is 5.82 Å². The Morgan fingerprint density at radius 1 is 1.14 bits per heavy atom. The first kappa shape index (κ1) is 15.5. The van der Waals surface area contributed by atoms with Gasteiger partial charge in [0.2, 0.25) is 0 Å². The Morgan fingerprint density at radius 3 is 2.71 bits per heavy atom. The Hall–Kier alpha value is -1.91. The molecule has 0 bridgehead atoms. The first-order chi connectivity index (χ1) is 10.2. The van der Waals surface area contributed by atoms with E-state index >= 15 is 0 Å². The second-order valence-electron chi connectivity index (χ2n) is 5.03. The van der Waals surface area contributed by atoms with Gasteiger partial charge in [-0.15, -0.1) is 0 Å². The number of benzene rings is 2. The zero-order valence-electron chi connectivity index (χ0n) is 12.3. The third kappa shape index (κ3) is 4.85. The third-order valence-corrected chi connectivity index (χ3v) is 3.26. The van der Waals surface area contributed by atoms with Crippen LogP contribution in [0.5, 0.6) is 5.75 Å². The van der Waals surface area contributed by atoms with E-state index in [4.69, 9.17) is 10.5 Å². The number of rotatable bonds is 7. The van der Waals surface area contributed by atoms with Gasteiger partial charge in [-0.3, -0.25) is 4.90 Å². The summed E-state index contributed by atoms with van der Waals surface area (Å²) < 4.78 is 18.9. The molecule has 0 unspecified atom stereocenters. The number of nitrogens with zero attached hydrogens (tertiary/aromatic N) is 1. The molecule has 112 valence electrons. The number of ether oxygens (including phenoxy) is 1. The van der Waals surface area contributed by atoms with Crippen LogP contribution in [0.4, 0.5) is 4.39 Å². The van der Waals surface area contributed by atoms with Crippen LogP contribution in [0.3, 0.4) is 0 Å². The van der Waals surface area contributed by atoms with E-state index in [2.05, 4.69) is 4.90 Å². The lowest BCUT2D eigenvalue weighted by Gasteiger charge is -2.18. The average molecular weight is 288 g/mol. The van der Waals surface area contributed by atoms with Gasteiger partial charge >= 0.3 is 0 Å². The fraction of sp³-hybridized carbons (Fsp3) is 0.294. The van der Waals surface area contributed by atoms with Crippen molar-refractivity contribution in [2.45, 2.75) is 13.1 Å². The minimum atomic E-state index is -0.200. The van der Waals surface area contributed by atoms with Crippen molar-refractivity contribution in [3.63, 3.8) is 0 Å². The summed E-state index contributed by atoms with van der Waals surface area (Å²) in [6, 6.07) is 14.4. The van der Waals surface area contributed by atoms with Crippen molar-refractivity contribution in [3.8, 4) is 5.75 Å². The molecular formula is C17H21FN2O. The van der Waals surface area contributed by atoms with Crippen LogP contribution in [-0.4, -0.2) is 25.1 Å². The van der Waals surface area contributed by atoms with Gasteiger partial charge in [-0.25, -0.2) is 4.39 Å². The molecule has 0 aliphatic heterocycles. The van der Waals surface area contributed by atoms with Crippen LogP contribution in [0.1, 0.15) is 11.1 Å². The smallest absolute Gasteiger partial charge is 0.123 e. The molecule has 3 nitrogen and oxygen atoms in total. The summed E-state index contributed by atoms with van der Waals surface area (Å²) in [5.74, 6) is 0.633. The minimum Gasteiger partial charge on any atom is -0.492 e. The molecule has 4 heteroatoms. The van der Waals surface area contributed by atoms with Gasteiger partial charge in [0, 0.05) is 25.2 Å². The van der Waals surface area contributed by atoms with Crippen LogP contribution in [0.2, 0.25) is 0 Å². The number of nitrogens with two attached hydrogens (primary N) is 1. The number of likely N-dealkylation sites (N-methyl/N-ethyl adjacent to an activating group) is 1. The summed E-state index contributed by atoms with van der Waals surface area (Å²) in [6.45, 7) is 2.49. The molecule has 2 N–H and O–H groups in total. The molecule has 2 rings (SSSR count). The van der Waals surface area contributed by atoms with E-state index < -0.39 is 0 Å². The van der Waals surface area contributed by atoms with E-state index in [-0.39, 0.29) is 5.82 Å². The number of hydrogen-bond donors (Lipinski definition) is 1. The normalized spacial score (nSPS) is 10.9. The van der Waals surface area contributed by atoms with E-state index in [0.717, 1.165) is 23.4 Å². The SMILES string of the molecule is CN(CCOc1ccccc1CN)Cc1cccc(F)c1. The van der Waals surface area contributed by atoms with Gasteiger partial charge in [0.05, 0.1) is 0 Å². The average Bonchev–Trinajstić information content (AvgIpc) is 2.47. The summed E-state index contributed by atoms with van der Waals surface area (Å²) in [5, 5.41) is 0. The molecule has 0 aromatic heterocycles. The third-order valence-electron chi connectivity index (χ3n) is 3.26. The fourth-order valence-electron chi connectivity index (χ4n) is 2.15. The van der Waals surface area contributed by atoms with Crippen LogP contribution in [-0.2, 0) is 13.1 Å². The maximum absolute atomic E-state index is 13.1.